The van der Waals surface area contributed by atoms with E-state index in [4.69, 9.17) is 0 Å². The van der Waals surface area contributed by atoms with Gasteiger partial charge in [-0.05, 0) is 25.0 Å². The van der Waals surface area contributed by atoms with Gasteiger partial charge in [0.25, 0.3) is 10.0 Å². The van der Waals surface area contributed by atoms with Crippen LogP contribution >= 0.6 is 0 Å². The normalized spacial score (nSPS) is 12.2. The monoisotopic (exact) mass is 380 g/mol. The van der Waals surface area contributed by atoms with Crippen LogP contribution in [0.25, 0.3) is 0 Å². The number of halogens is 1. The maximum Gasteiger partial charge on any atom is 0.269 e. The van der Waals surface area contributed by atoms with Gasteiger partial charge in [-0.2, -0.15) is 0 Å². The second-order valence-corrected chi connectivity index (χ2v) is 8.83. The zero-order valence-corrected chi connectivity index (χ0v) is 16.6. The van der Waals surface area contributed by atoms with Gasteiger partial charge in [-0.3, -0.25) is 4.79 Å². The summed E-state index contributed by atoms with van der Waals surface area (Å²) < 4.78 is 40.6. The average molecular weight is 380 g/mol. The Labute approximate surface area is 154 Å². The van der Waals surface area contributed by atoms with E-state index < -0.39 is 22.5 Å². The number of carbonyl (C=O) groups is 1. The number of hydrogen-bond donors (Lipinski definition) is 0. The predicted octanol–water partition coefficient (Wildman–Crippen LogP) is 3.76. The highest BCUT2D eigenvalue weighted by molar-refractivity contribution is 7.90. The largest absolute Gasteiger partial charge is 0.296 e. The highest BCUT2D eigenvalue weighted by Gasteiger charge is 2.30. The molecule has 0 N–H and O–H groups in total. The first-order valence-electron chi connectivity index (χ1n) is 8.60. The van der Waals surface area contributed by atoms with Gasteiger partial charge >= 0.3 is 0 Å². The molecule has 0 aliphatic rings. The molecule has 0 unspecified atom stereocenters. The van der Waals surface area contributed by atoms with E-state index in [0.717, 1.165) is 9.54 Å². The molecule has 0 atom stereocenters. The first kappa shape index (κ1) is 20.3. The molecular formula is C19H25FN2O3S. The van der Waals surface area contributed by atoms with Crippen LogP contribution in [0, 0.1) is 6.92 Å². The van der Waals surface area contributed by atoms with Gasteiger partial charge in [0.05, 0.1) is 22.7 Å². The number of ketones is 1. The van der Waals surface area contributed by atoms with Crippen molar-refractivity contribution in [3.8, 4) is 0 Å². The SMILES string of the molecule is Cc1ccc(S(=O)(=O)n2c(C(C)C)nc(C(C)C)c2CC(=O)CF)cc1. The third-order valence-electron chi connectivity index (χ3n) is 4.12. The van der Waals surface area contributed by atoms with Crippen molar-refractivity contribution in [3.63, 3.8) is 0 Å². The minimum atomic E-state index is -3.95. The molecular weight excluding hydrogens is 355 g/mol. The fourth-order valence-electron chi connectivity index (χ4n) is 2.78. The number of benzene rings is 1. The highest BCUT2D eigenvalue weighted by Crippen LogP contribution is 2.29. The molecule has 0 radical (unpaired) electrons. The Balaban J connectivity index is 2.79. The Bertz CT molecular complexity index is 898. The molecule has 2 rings (SSSR count). The van der Waals surface area contributed by atoms with Gasteiger partial charge in [0.1, 0.15) is 12.5 Å². The van der Waals surface area contributed by atoms with E-state index in [1.54, 1.807) is 12.1 Å². The van der Waals surface area contributed by atoms with Crippen LogP contribution in [-0.4, -0.2) is 29.8 Å². The standard InChI is InChI=1S/C19H25FN2O3S/c1-12(2)18-17(10-15(23)11-20)22(19(21-18)13(3)4)26(24,25)16-8-6-14(5)7-9-16/h6-9,12-13H,10-11H2,1-5H3. The molecule has 142 valence electrons. The molecule has 0 saturated heterocycles. The Hall–Kier alpha value is -2.02. The summed E-state index contributed by atoms with van der Waals surface area (Å²) in [6.45, 7) is 8.17. The molecule has 7 heteroatoms. The molecule has 0 spiro atoms. The number of aromatic nitrogens is 2. The smallest absolute Gasteiger partial charge is 0.269 e. The van der Waals surface area contributed by atoms with Crippen molar-refractivity contribution in [2.45, 2.75) is 57.8 Å². The number of nitrogens with zero attached hydrogens (tertiary/aromatic N) is 2. The van der Waals surface area contributed by atoms with Crippen LogP contribution in [0.5, 0.6) is 0 Å². The minimum absolute atomic E-state index is 0.0932. The Morgan fingerprint density at radius 1 is 1.12 bits per heavy atom. The lowest BCUT2D eigenvalue weighted by molar-refractivity contribution is -0.119. The van der Waals surface area contributed by atoms with Crippen molar-refractivity contribution in [1.29, 1.82) is 0 Å². The first-order chi connectivity index (χ1) is 12.1. The maximum absolute atomic E-state index is 13.3. The molecule has 1 heterocycles. The summed E-state index contributed by atoms with van der Waals surface area (Å²) in [4.78, 5) is 16.4. The van der Waals surface area contributed by atoms with Crippen LogP contribution in [0.4, 0.5) is 4.39 Å². The molecule has 5 nitrogen and oxygen atoms in total. The lowest BCUT2D eigenvalue weighted by atomic mass is 10.1. The number of alkyl halides is 1. The number of rotatable bonds is 7. The van der Waals surface area contributed by atoms with Crippen LogP contribution in [0.2, 0.25) is 0 Å². The van der Waals surface area contributed by atoms with Gasteiger partial charge < -0.3 is 0 Å². The van der Waals surface area contributed by atoms with Crippen LogP contribution in [-0.2, 0) is 21.2 Å². The molecule has 1 aromatic carbocycles. The molecule has 1 aromatic heterocycles. The lowest BCUT2D eigenvalue weighted by Crippen LogP contribution is -2.22. The van der Waals surface area contributed by atoms with Gasteiger partial charge in [-0.1, -0.05) is 45.4 Å². The van der Waals surface area contributed by atoms with Crippen LogP contribution in [0.3, 0.4) is 0 Å². The number of hydrogen-bond acceptors (Lipinski definition) is 4. The third kappa shape index (κ3) is 3.87. The second-order valence-electron chi connectivity index (χ2n) is 7.04. The van der Waals surface area contributed by atoms with Crippen molar-refractivity contribution in [2.75, 3.05) is 6.67 Å². The number of carbonyl (C=O) groups excluding carboxylic acids is 1. The summed E-state index contributed by atoms with van der Waals surface area (Å²) in [6.07, 6.45) is -0.297. The van der Waals surface area contributed by atoms with Crippen LogP contribution in [0.15, 0.2) is 29.2 Å². The second kappa shape index (κ2) is 7.70. The molecule has 0 aliphatic heterocycles. The first-order valence-corrected chi connectivity index (χ1v) is 10.0. The summed E-state index contributed by atoms with van der Waals surface area (Å²) in [5.74, 6) is -0.579. The molecule has 2 aromatic rings. The van der Waals surface area contributed by atoms with E-state index in [-0.39, 0.29) is 28.8 Å². The van der Waals surface area contributed by atoms with Gasteiger partial charge in [-0.25, -0.2) is 21.8 Å². The summed E-state index contributed by atoms with van der Waals surface area (Å²) in [5, 5.41) is 0. The lowest BCUT2D eigenvalue weighted by Gasteiger charge is -2.15. The summed E-state index contributed by atoms with van der Waals surface area (Å²) in [6, 6.07) is 6.50. The average Bonchev–Trinajstić information content (AvgIpc) is 2.95. The van der Waals surface area contributed by atoms with E-state index in [2.05, 4.69) is 4.98 Å². The van der Waals surface area contributed by atoms with Crippen molar-refractivity contribution >= 4 is 15.8 Å². The number of Topliss-reactive ketones (excluding diaryl/α,β-unsaturated/α-hetero) is 1. The van der Waals surface area contributed by atoms with Crippen molar-refractivity contribution in [3.05, 3.63) is 47.0 Å². The maximum atomic E-state index is 13.3. The van der Waals surface area contributed by atoms with Gasteiger partial charge in [0, 0.05) is 5.92 Å². The van der Waals surface area contributed by atoms with E-state index in [0.29, 0.717) is 11.5 Å². The summed E-state index contributed by atoms with van der Waals surface area (Å²) in [5.41, 5.74) is 1.72. The zero-order valence-electron chi connectivity index (χ0n) is 15.8. The fraction of sp³-hybridized carbons (Fsp3) is 0.474. The highest BCUT2D eigenvalue weighted by atomic mass is 32.2. The molecule has 0 amide bonds. The van der Waals surface area contributed by atoms with Gasteiger partial charge in [-0.15, -0.1) is 0 Å². The molecule has 26 heavy (non-hydrogen) atoms. The third-order valence-corrected chi connectivity index (χ3v) is 5.88. The van der Waals surface area contributed by atoms with E-state index in [1.807, 2.05) is 34.6 Å². The zero-order chi connectivity index (χ0) is 19.6. The van der Waals surface area contributed by atoms with Crippen molar-refractivity contribution in [2.24, 2.45) is 0 Å². The fourth-order valence-corrected chi connectivity index (χ4v) is 4.42. The van der Waals surface area contributed by atoms with Crippen LogP contribution < -0.4 is 0 Å². The van der Waals surface area contributed by atoms with Crippen molar-refractivity contribution < 1.29 is 17.6 Å². The Morgan fingerprint density at radius 2 is 1.69 bits per heavy atom. The number of aryl methyl sites for hydroxylation is 1. The predicted molar refractivity (Wildman–Crippen MR) is 98.9 cm³/mol. The van der Waals surface area contributed by atoms with E-state index >= 15 is 0 Å². The molecule has 0 bridgehead atoms. The Morgan fingerprint density at radius 3 is 2.15 bits per heavy atom. The van der Waals surface area contributed by atoms with Gasteiger partial charge in [0.15, 0.2) is 5.78 Å². The summed E-state index contributed by atoms with van der Waals surface area (Å²) in [7, 11) is -3.95. The van der Waals surface area contributed by atoms with Crippen LogP contribution in [0.1, 0.15) is 62.3 Å². The molecule has 0 saturated carbocycles. The topological polar surface area (TPSA) is 69.0 Å². The molecule has 0 aliphatic carbocycles. The van der Waals surface area contributed by atoms with Gasteiger partial charge in [0.2, 0.25) is 0 Å². The molecule has 0 fully saturated rings. The Kier molecular flexibility index (Phi) is 6.01. The number of imidazole rings is 1. The van der Waals surface area contributed by atoms with E-state index in [9.17, 15) is 17.6 Å². The van der Waals surface area contributed by atoms with Crippen molar-refractivity contribution in [1.82, 2.24) is 8.96 Å². The minimum Gasteiger partial charge on any atom is -0.296 e. The quantitative estimate of drug-likeness (QED) is 0.733. The van der Waals surface area contributed by atoms with E-state index in [1.165, 1.54) is 12.1 Å². The summed E-state index contributed by atoms with van der Waals surface area (Å²) >= 11 is 0.